The molecule has 0 aliphatic heterocycles. The molecule has 25 heavy (non-hydrogen) atoms. The molecule has 0 amide bonds. The van der Waals surface area contributed by atoms with E-state index in [1.165, 1.54) is 6.21 Å². The summed E-state index contributed by atoms with van der Waals surface area (Å²) in [6.07, 6.45) is 1.52. The van der Waals surface area contributed by atoms with Crippen LogP contribution in [0.1, 0.15) is 11.1 Å². The zero-order valence-electron chi connectivity index (χ0n) is 13.8. The lowest BCUT2D eigenvalue weighted by atomic mass is 10.2. The number of sulfone groups is 1. The van der Waals surface area contributed by atoms with Gasteiger partial charge in [-0.2, -0.15) is 5.10 Å². The molecule has 0 aromatic heterocycles. The molecule has 3 aromatic rings. The molecule has 0 aliphatic rings. The van der Waals surface area contributed by atoms with Crippen molar-refractivity contribution in [3.05, 3.63) is 90.0 Å². The Bertz CT molecular complexity index is 980. The van der Waals surface area contributed by atoms with Gasteiger partial charge in [-0.1, -0.05) is 54.1 Å². The Labute approximate surface area is 147 Å². The number of anilines is 1. The Kier molecular flexibility index (Phi) is 4.95. The average Bonchev–Trinajstić information content (AvgIpc) is 2.63. The second-order valence-electron chi connectivity index (χ2n) is 5.59. The van der Waals surface area contributed by atoms with Crippen LogP contribution in [0.2, 0.25) is 0 Å². The van der Waals surface area contributed by atoms with E-state index in [1.807, 2.05) is 37.3 Å². The molecule has 3 rings (SSSR count). The highest BCUT2D eigenvalue weighted by Gasteiger charge is 2.20. The average molecular weight is 350 g/mol. The van der Waals surface area contributed by atoms with Gasteiger partial charge in [-0.25, -0.2) is 8.42 Å². The summed E-state index contributed by atoms with van der Waals surface area (Å²) in [7, 11) is -3.60. The first kappa shape index (κ1) is 16.9. The largest absolute Gasteiger partial charge is 0.279 e. The van der Waals surface area contributed by atoms with Crippen molar-refractivity contribution in [2.75, 3.05) is 5.43 Å². The maximum absolute atomic E-state index is 12.9. The Hall–Kier alpha value is -2.92. The molecule has 0 aliphatic carbocycles. The first-order valence-electron chi connectivity index (χ1n) is 7.82. The first-order chi connectivity index (χ1) is 12.1. The molecule has 0 spiro atoms. The monoisotopic (exact) mass is 350 g/mol. The molecule has 126 valence electrons. The Morgan fingerprint density at radius 3 is 2.20 bits per heavy atom. The maximum atomic E-state index is 12.9. The Morgan fingerprint density at radius 2 is 1.48 bits per heavy atom. The number of aryl methyl sites for hydroxylation is 1. The topological polar surface area (TPSA) is 58.5 Å². The van der Waals surface area contributed by atoms with Crippen LogP contribution in [-0.2, 0) is 9.84 Å². The van der Waals surface area contributed by atoms with E-state index in [1.54, 1.807) is 48.5 Å². The Morgan fingerprint density at radius 1 is 0.840 bits per heavy atom. The van der Waals surface area contributed by atoms with Crippen LogP contribution in [0.3, 0.4) is 0 Å². The van der Waals surface area contributed by atoms with Gasteiger partial charge in [-0.15, -0.1) is 0 Å². The highest BCUT2D eigenvalue weighted by atomic mass is 32.2. The van der Waals surface area contributed by atoms with Crippen molar-refractivity contribution in [2.45, 2.75) is 16.7 Å². The van der Waals surface area contributed by atoms with Crippen LogP contribution in [-0.4, -0.2) is 14.6 Å². The fraction of sp³-hybridized carbons (Fsp3) is 0.0500. The van der Waals surface area contributed by atoms with Gasteiger partial charge >= 0.3 is 0 Å². The third-order valence-corrected chi connectivity index (χ3v) is 5.55. The smallest absolute Gasteiger partial charge is 0.207 e. The third kappa shape index (κ3) is 3.95. The predicted molar refractivity (Wildman–Crippen MR) is 101 cm³/mol. The fourth-order valence-corrected chi connectivity index (χ4v) is 3.80. The van der Waals surface area contributed by atoms with E-state index in [0.29, 0.717) is 5.56 Å². The number of rotatable bonds is 5. The minimum Gasteiger partial charge on any atom is -0.279 e. The molecule has 0 heterocycles. The van der Waals surface area contributed by atoms with E-state index < -0.39 is 9.84 Å². The van der Waals surface area contributed by atoms with Crippen LogP contribution < -0.4 is 5.43 Å². The van der Waals surface area contributed by atoms with E-state index in [4.69, 9.17) is 0 Å². The van der Waals surface area contributed by atoms with Crippen molar-refractivity contribution in [2.24, 2.45) is 5.10 Å². The molecule has 4 nitrogen and oxygen atoms in total. The van der Waals surface area contributed by atoms with Crippen molar-refractivity contribution in [3.8, 4) is 0 Å². The SMILES string of the molecule is Cc1ccc(S(=O)(=O)c2ccccc2C=NNc2ccccc2)cc1. The molecule has 0 unspecified atom stereocenters. The van der Waals surface area contributed by atoms with Crippen LogP contribution in [0.15, 0.2) is 93.8 Å². The van der Waals surface area contributed by atoms with E-state index >= 15 is 0 Å². The zero-order valence-corrected chi connectivity index (χ0v) is 14.6. The number of benzene rings is 3. The Balaban J connectivity index is 1.91. The molecule has 0 saturated heterocycles. The highest BCUT2D eigenvalue weighted by Crippen LogP contribution is 2.23. The number of nitrogens with one attached hydrogen (secondary N) is 1. The second kappa shape index (κ2) is 7.32. The van der Waals surface area contributed by atoms with Crippen molar-refractivity contribution in [1.82, 2.24) is 0 Å². The van der Waals surface area contributed by atoms with Gasteiger partial charge in [-0.3, -0.25) is 5.43 Å². The van der Waals surface area contributed by atoms with Crippen LogP contribution in [0.4, 0.5) is 5.69 Å². The molecule has 0 atom stereocenters. The lowest BCUT2D eigenvalue weighted by Crippen LogP contribution is -2.06. The number of hydrogen-bond donors (Lipinski definition) is 1. The first-order valence-corrected chi connectivity index (χ1v) is 9.30. The van der Waals surface area contributed by atoms with E-state index in [0.717, 1.165) is 11.3 Å². The van der Waals surface area contributed by atoms with Gasteiger partial charge in [0.25, 0.3) is 0 Å². The lowest BCUT2D eigenvalue weighted by Gasteiger charge is -2.08. The molecule has 0 saturated carbocycles. The normalized spacial score (nSPS) is 11.6. The molecule has 5 heteroatoms. The summed E-state index contributed by atoms with van der Waals surface area (Å²) in [4.78, 5) is 0.507. The number of para-hydroxylation sites is 1. The van der Waals surface area contributed by atoms with Gasteiger partial charge in [0.2, 0.25) is 9.84 Å². The molecule has 0 fully saturated rings. The number of hydrazone groups is 1. The summed E-state index contributed by atoms with van der Waals surface area (Å²) >= 11 is 0. The summed E-state index contributed by atoms with van der Waals surface area (Å²) < 4.78 is 25.8. The zero-order chi connectivity index (χ0) is 17.7. The minimum atomic E-state index is -3.60. The van der Waals surface area contributed by atoms with Crippen LogP contribution in [0.5, 0.6) is 0 Å². The van der Waals surface area contributed by atoms with Gasteiger partial charge in [0.1, 0.15) is 0 Å². The predicted octanol–water partition coefficient (Wildman–Crippen LogP) is 4.27. The number of nitrogens with zero attached hydrogens (tertiary/aromatic N) is 1. The summed E-state index contributed by atoms with van der Waals surface area (Å²) in [5.41, 5.74) is 5.27. The minimum absolute atomic E-state index is 0.234. The van der Waals surface area contributed by atoms with E-state index in [-0.39, 0.29) is 9.79 Å². The number of hydrogen-bond acceptors (Lipinski definition) is 4. The van der Waals surface area contributed by atoms with Crippen molar-refractivity contribution in [1.29, 1.82) is 0 Å². The lowest BCUT2D eigenvalue weighted by molar-refractivity contribution is 0.596. The molecule has 0 radical (unpaired) electrons. The van der Waals surface area contributed by atoms with Gasteiger partial charge in [0.15, 0.2) is 0 Å². The van der Waals surface area contributed by atoms with Gasteiger partial charge in [0.05, 0.1) is 21.7 Å². The maximum Gasteiger partial charge on any atom is 0.207 e. The summed E-state index contributed by atoms with van der Waals surface area (Å²) in [5.74, 6) is 0. The molecular formula is C20H18N2O2S. The van der Waals surface area contributed by atoms with Gasteiger partial charge < -0.3 is 0 Å². The second-order valence-corrected chi connectivity index (χ2v) is 7.51. The van der Waals surface area contributed by atoms with Crippen LogP contribution in [0.25, 0.3) is 0 Å². The van der Waals surface area contributed by atoms with Gasteiger partial charge in [-0.05, 0) is 37.3 Å². The summed E-state index contributed by atoms with van der Waals surface area (Å²) in [5, 5.41) is 4.15. The standard InChI is InChI=1S/C20H18N2O2S/c1-16-11-13-19(14-12-16)25(23,24)20-10-6-5-7-17(20)15-21-22-18-8-3-2-4-9-18/h2-15,22H,1H3. The van der Waals surface area contributed by atoms with Gasteiger partial charge in [0, 0.05) is 5.56 Å². The third-order valence-electron chi connectivity index (χ3n) is 3.71. The molecule has 1 N–H and O–H groups in total. The highest BCUT2D eigenvalue weighted by molar-refractivity contribution is 7.91. The van der Waals surface area contributed by atoms with Crippen molar-refractivity contribution < 1.29 is 8.42 Å². The van der Waals surface area contributed by atoms with Crippen LogP contribution in [0, 0.1) is 6.92 Å². The van der Waals surface area contributed by atoms with Crippen molar-refractivity contribution >= 4 is 21.7 Å². The molecule has 3 aromatic carbocycles. The van der Waals surface area contributed by atoms with E-state index in [9.17, 15) is 8.42 Å². The fourth-order valence-electron chi connectivity index (χ4n) is 2.37. The van der Waals surface area contributed by atoms with Crippen molar-refractivity contribution in [3.63, 3.8) is 0 Å². The van der Waals surface area contributed by atoms with E-state index in [2.05, 4.69) is 10.5 Å². The summed E-state index contributed by atoms with van der Waals surface area (Å²) in [6.45, 7) is 1.92. The molecule has 0 bridgehead atoms. The molecular weight excluding hydrogens is 332 g/mol. The quantitative estimate of drug-likeness (QED) is 0.552. The van der Waals surface area contributed by atoms with Crippen LogP contribution >= 0.6 is 0 Å². The summed E-state index contributed by atoms with van der Waals surface area (Å²) in [6, 6.07) is 23.1.